The molecule has 0 saturated heterocycles. The molecule has 4 aliphatic rings. The Morgan fingerprint density at radius 3 is 2.10 bits per heavy atom. The highest BCUT2D eigenvalue weighted by atomic mass is 16.6. The zero-order valence-corrected chi connectivity index (χ0v) is 24.6. The Hall–Kier alpha value is -0.890. The summed E-state index contributed by atoms with van der Waals surface area (Å²) < 4.78 is 12.2. The Bertz CT molecular complexity index is 888. The molecule has 0 spiro atoms. The van der Waals surface area contributed by atoms with Crippen LogP contribution in [0.2, 0.25) is 0 Å². The lowest BCUT2D eigenvalue weighted by Gasteiger charge is -2.66. The van der Waals surface area contributed by atoms with Gasteiger partial charge in [-0.15, -0.1) is 0 Å². The van der Waals surface area contributed by atoms with Crippen molar-refractivity contribution in [1.29, 1.82) is 0 Å². The number of carboxylic acids is 1. The summed E-state index contributed by atoms with van der Waals surface area (Å²) in [7, 11) is 0. The summed E-state index contributed by atoms with van der Waals surface area (Å²) in [5, 5.41) is 82.8. The van der Waals surface area contributed by atoms with E-state index in [1.165, 1.54) is 0 Å². The van der Waals surface area contributed by atoms with E-state index in [-0.39, 0.29) is 55.1 Å². The molecule has 4 rings (SSSR count). The summed E-state index contributed by atoms with van der Waals surface area (Å²) >= 11 is 0. The maximum atomic E-state index is 11.9. The van der Waals surface area contributed by atoms with Crippen LogP contribution < -0.4 is 0 Å². The molecule has 0 radical (unpaired) electrons. The normalized spacial score (nSPS) is 46.2. The number of aliphatic carboxylic acids is 1. The van der Waals surface area contributed by atoms with Crippen LogP contribution >= 0.6 is 0 Å². The van der Waals surface area contributed by atoms with Crippen molar-refractivity contribution in [3.05, 3.63) is 0 Å². The number of fused-ring (bicyclic) bond motifs is 5. The van der Waals surface area contributed by atoms with E-state index in [0.717, 1.165) is 12.8 Å². The van der Waals surface area contributed by atoms with Gasteiger partial charge in [-0.1, -0.05) is 20.8 Å². The first-order chi connectivity index (χ1) is 19.3. The third-order valence-electron chi connectivity index (χ3n) is 11.8. The van der Waals surface area contributed by atoms with Crippen LogP contribution in [-0.2, 0) is 14.3 Å². The van der Waals surface area contributed by atoms with E-state index in [1.54, 1.807) is 0 Å². The lowest BCUT2D eigenvalue weighted by molar-refractivity contribution is -0.279. The van der Waals surface area contributed by atoms with Crippen molar-refractivity contribution in [2.45, 2.75) is 108 Å². The highest BCUT2D eigenvalue weighted by Gasteiger charge is 2.69. The molecule has 238 valence electrons. The molecule has 0 aliphatic heterocycles. The second-order valence-corrected chi connectivity index (χ2v) is 13.9. The predicted molar refractivity (Wildman–Crippen MR) is 146 cm³/mol. The molecule has 15 atom stereocenters. The van der Waals surface area contributed by atoms with Gasteiger partial charge in [0, 0.05) is 11.8 Å². The Morgan fingerprint density at radius 2 is 1.49 bits per heavy atom. The third-order valence-corrected chi connectivity index (χ3v) is 11.8. The lowest BCUT2D eigenvalue weighted by atomic mass is 9.42. The summed E-state index contributed by atoms with van der Waals surface area (Å²) in [5.74, 6) is -1.13. The zero-order chi connectivity index (χ0) is 30.3. The predicted octanol–water partition coefficient (Wildman–Crippen LogP) is 0.145. The van der Waals surface area contributed by atoms with E-state index in [4.69, 9.17) is 9.47 Å². The van der Waals surface area contributed by atoms with Crippen LogP contribution in [0.3, 0.4) is 0 Å². The highest BCUT2D eigenvalue weighted by molar-refractivity contribution is 5.66. The summed E-state index contributed by atoms with van der Waals surface area (Å²) in [6.45, 7) is 4.79. The van der Waals surface area contributed by atoms with Gasteiger partial charge in [0.05, 0.1) is 50.8 Å². The maximum absolute atomic E-state index is 11.9. The number of aliphatic hydroxyl groups excluding tert-OH is 7. The van der Waals surface area contributed by atoms with Gasteiger partial charge in [-0.05, 0) is 79.4 Å². The zero-order valence-electron chi connectivity index (χ0n) is 24.6. The van der Waals surface area contributed by atoms with Gasteiger partial charge in [-0.3, -0.25) is 4.79 Å². The van der Waals surface area contributed by atoms with Crippen LogP contribution in [0.5, 0.6) is 0 Å². The minimum absolute atomic E-state index is 0.00687. The van der Waals surface area contributed by atoms with Crippen molar-refractivity contribution in [1.82, 2.24) is 0 Å². The minimum Gasteiger partial charge on any atom is -0.481 e. The van der Waals surface area contributed by atoms with Gasteiger partial charge in [-0.2, -0.15) is 0 Å². The van der Waals surface area contributed by atoms with Crippen molar-refractivity contribution in [2.75, 3.05) is 26.4 Å². The number of hydrogen-bond acceptors (Lipinski definition) is 10. The fraction of sp³-hybridized carbons (Fsp3) is 0.967. The van der Waals surface area contributed by atoms with E-state index in [1.807, 2.05) is 0 Å². The average molecular weight is 589 g/mol. The Kier molecular flexibility index (Phi) is 10.5. The molecule has 0 aromatic heterocycles. The molecule has 0 aromatic rings. The van der Waals surface area contributed by atoms with Crippen LogP contribution in [0.15, 0.2) is 0 Å². The SMILES string of the molecule is C[C@H](CCC(=O)O)[C@H]1CC[C@H]2[C@@H]3[C@H](O)C[C@@H]4C[C@H](O)C(OCC(O)CO)C(OCC(O)CO)[C@]4(C)[C@H]3C[C@H](O)[C@]12C. The van der Waals surface area contributed by atoms with Crippen LogP contribution in [0, 0.1) is 46.3 Å². The lowest BCUT2D eigenvalue weighted by Crippen LogP contribution is -2.69. The fourth-order valence-electron chi connectivity index (χ4n) is 9.74. The van der Waals surface area contributed by atoms with E-state index >= 15 is 0 Å². The molecule has 0 heterocycles. The van der Waals surface area contributed by atoms with Crippen LogP contribution in [0.4, 0.5) is 0 Å². The fourth-order valence-corrected chi connectivity index (χ4v) is 9.74. The molecule has 0 aromatic carbocycles. The topological polar surface area (TPSA) is 197 Å². The molecule has 4 saturated carbocycles. The van der Waals surface area contributed by atoms with Gasteiger partial charge in [0.15, 0.2) is 0 Å². The van der Waals surface area contributed by atoms with Gasteiger partial charge in [0.1, 0.15) is 18.3 Å². The van der Waals surface area contributed by atoms with Gasteiger partial charge < -0.3 is 50.3 Å². The van der Waals surface area contributed by atoms with Crippen molar-refractivity contribution >= 4 is 5.97 Å². The minimum atomic E-state index is -1.15. The first-order valence-electron chi connectivity index (χ1n) is 15.4. The number of carboxylic acid groups (broad SMARTS) is 1. The molecule has 11 nitrogen and oxygen atoms in total. The first-order valence-corrected chi connectivity index (χ1v) is 15.4. The van der Waals surface area contributed by atoms with Crippen LogP contribution in [0.25, 0.3) is 0 Å². The first kappa shape index (κ1) is 33.0. The van der Waals surface area contributed by atoms with E-state index in [2.05, 4.69) is 20.8 Å². The molecule has 0 amide bonds. The van der Waals surface area contributed by atoms with Crippen LogP contribution in [0.1, 0.15) is 65.7 Å². The van der Waals surface area contributed by atoms with Gasteiger partial charge >= 0.3 is 5.97 Å². The number of ether oxygens (including phenoxy) is 2. The Morgan fingerprint density at radius 1 is 0.878 bits per heavy atom. The van der Waals surface area contributed by atoms with Crippen molar-refractivity contribution in [2.24, 2.45) is 46.3 Å². The quantitative estimate of drug-likeness (QED) is 0.154. The number of rotatable bonds is 12. The summed E-state index contributed by atoms with van der Waals surface area (Å²) in [6.07, 6.45) is -2.84. The van der Waals surface area contributed by atoms with E-state index in [0.29, 0.717) is 25.7 Å². The number of hydrogen-bond donors (Lipinski definition) is 8. The smallest absolute Gasteiger partial charge is 0.303 e. The Labute approximate surface area is 242 Å². The molecule has 0 bridgehead atoms. The Balaban J connectivity index is 1.68. The maximum Gasteiger partial charge on any atom is 0.303 e. The van der Waals surface area contributed by atoms with Crippen LogP contribution in [-0.4, -0.2) is 116 Å². The largest absolute Gasteiger partial charge is 0.481 e. The molecular formula is C30H52O11. The third kappa shape index (κ3) is 5.95. The van der Waals surface area contributed by atoms with Crippen molar-refractivity contribution in [3.8, 4) is 0 Å². The summed E-state index contributed by atoms with van der Waals surface area (Å²) in [4.78, 5) is 11.3. The number of carbonyl (C=O) groups is 1. The average Bonchev–Trinajstić information content (AvgIpc) is 3.29. The molecule has 4 unspecified atom stereocenters. The summed E-state index contributed by atoms with van der Waals surface area (Å²) in [5.41, 5.74) is -1.16. The molecule has 4 fully saturated rings. The highest BCUT2D eigenvalue weighted by Crippen LogP contribution is 2.68. The molecule has 11 heteroatoms. The van der Waals surface area contributed by atoms with Gasteiger partial charge in [0.2, 0.25) is 0 Å². The number of aliphatic hydroxyl groups is 7. The van der Waals surface area contributed by atoms with E-state index < -0.39 is 72.7 Å². The molecule has 41 heavy (non-hydrogen) atoms. The molecule has 4 aliphatic carbocycles. The van der Waals surface area contributed by atoms with Crippen molar-refractivity contribution < 1.29 is 55.1 Å². The summed E-state index contributed by atoms with van der Waals surface area (Å²) in [6, 6.07) is 0. The van der Waals surface area contributed by atoms with E-state index in [9.17, 15) is 45.6 Å². The standard InChI is InChI=1S/C30H52O11/c1-15(4-7-25(38)39)19-5-6-20-26-21(10-24(37)30(19,20)3)29(2)16(8-22(26)35)9-23(36)27(40-13-17(33)11-31)28(29)41-14-18(34)12-32/h15-24,26-28,31-37H,4-14H2,1-3H3,(H,38,39)/t15-,16-,17?,18?,19-,20+,21+,22-,23+,24+,26+,27?,28?,29+,30-/m1/s1. The second-order valence-electron chi connectivity index (χ2n) is 13.9. The second kappa shape index (κ2) is 13.0. The monoisotopic (exact) mass is 588 g/mol. The molecule has 8 N–H and O–H groups in total. The molecular weight excluding hydrogens is 536 g/mol. The van der Waals surface area contributed by atoms with Gasteiger partial charge in [0.25, 0.3) is 0 Å². The van der Waals surface area contributed by atoms with Crippen molar-refractivity contribution in [3.63, 3.8) is 0 Å². The van der Waals surface area contributed by atoms with Gasteiger partial charge in [-0.25, -0.2) is 0 Å².